The molecule has 5 nitrogen and oxygen atoms in total. The first kappa shape index (κ1) is 18.5. The number of carbonyl (C=O) groups is 1. The van der Waals surface area contributed by atoms with Crippen molar-refractivity contribution in [2.75, 3.05) is 55.3 Å². The van der Waals surface area contributed by atoms with E-state index in [0.717, 1.165) is 37.6 Å². The first-order valence-electron chi connectivity index (χ1n) is 8.93. The van der Waals surface area contributed by atoms with Gasteiger partial charge >= 0.3 is 0 Å². The molecule has 0 radical (unpaired) electrons. The number of benzene rings is 2. The molecule has 0 atom stereocenters. The van der Waals surface area contributed by atoms with Gasteiger partial charge in [0.05, 0.1) is 0 Å². The lowest BCUT2D eigenvalue weighted by Gasteiger charge is -2.34. The Bertz CT molecular complexity index is 727. The summed E-state index contributed by atoms with van der Waals surface area (Å²) in [6, 6.07) is 15.6. The molecule has 1 aliphatic heterocycles. The molecule has 0 unspecified atom stereocenters. The largest absolute Gasteiger partial charge is 0.384 e. The molecule has 138 valence electrons. The van der Waals surface area contributed by atoms with Gasteiger partial charge in [0.25, 0.3) is 0 Å². The van der Waals surface area contributed by atoms with E-state index in [1.54, 1.807) is 0 Å². The van der Waals surface area contributed by atoms with Gasteiger partial charge in [-0.15, -0.1) is 0 Å². The molecule has 1 fully saturated rings. The van der Waals surface area contributed by atoms with E-state index in [9.17, 15) is 4.79 Å². The van der Waals surface area contributed by atoms with Crippen molar-refractivity contribution in [1.29, 1.82) is 0 Å². The van der Waals surface area contributed by atoms with Gasteiger partial charge in [0, 0.05) is 61.2 Å². The number of nitrogens with one attached hydrogen (secondary N) is 2. The average molecular weight is 373 g/mol. The third-order valence-electron chi connectivity index (χ3n) is 4.53. The smallest absolute Gasteiger partial charge is 0.226 e. The van der Waals surface area contributed by atoms with E-state index in [2.05, 4.69) is 39.6 Å². The molecule has 0 aliphatic carbocycles. The van der Waals surface area contributed by atoms with Crippen molar-refractivity contribution in [3.8, 4) is 0 Å². The molecular weight excluding hydrogens is 348 g/mol. The number of piperazine rings is 1. The van der Waals surface area contributed by atoms with E-state index in [1.807, 2.05) is 36.4 Å². The standard InChI is InChI=1S/C20H25ClN4O/c1-24-11-13-25(14-12-24)19-7-5-17(6-8-19)23-20(26)9-10-22-18-4-2-3-16(21)15-18/h2-8,15,22H,9-14H2,1H3,(H,23,26). The fourth-order valence-electron chi connectivity index (χ4n) is 2.96. The van der Waals surface area contributed by atoms with Gasteiger partial charge in [-0.25, -0.2) is 0 Å². The summed E-state index contributed by atoms with van der Waals surface area (Å²) in [5, 5.41) is 6.83. The minimum atomic E-state index is -0.00752. The predicted molar refractivity (Wildman–Crippen MR) is 109 cm³/mol. The molecule has 0 aromatic heterocycles. The number of carbonyl (C=O) groups excluding carboxylic acids is 1. The highest BCUT2D eigenvalue weighted by Gasteiger charge is 2.14. The van der Waals surface area contributed by atoms with Gasteiger partial charge in [0.1, 0.15) is 0 Å². The van der Waals surface area contributed by atoms with E-state index in [0.29, 0.717) is 18.0 Å². The van der Waals surface area contributed by atoms with Crippen LogP contribution in [0.1, 0.15) is 6.42 Å². The van der Waals surface area contributed by atoms with Crippen LogP contribution < -0.4 is 15.5 Å². The predicted octanol–water partition coefficient (Wildman–Crippen LogP) is 3.53. The molecule has 2 aromatic carbocycles. The molecule has 3 rings (SSSR count). The second-order valence-electron chi connectivity index (χ2n) is 6.57. The number of amides is 1. The van der Waals surface area contributed by atoms with Gasteiger partial charge in [-0.1, -0.05) is 17.7 Å². The normalized spacial score (nSPS) is 14.9. The second kappa shape index (κ2) is 8.92. The van der Waals surface area contributed by atoms with Gasteiger partial charge in [0.2, 0.25) is 5.91 Å². The van der Waals surface area contributed by atoms with Gasteiger partial charge in [-0.05, 0) is 49.5 Å². The van der Waals surface area contributed by atoms with Crippen molar-refractivity contribution in [1.82, 2.24) is 4.90 Å². The zero-order valence-corrected chi connectivity index (χ0v) is 15.8. The molecule has 0 saturated carbocycles. The highest BCUT2D eigenvalue weighted by molar-refractivity contribution is 6.30. The highest BCUT2D eigenvalue weighted by Crippen LogP contribution is 2.19. The summed E-state index contributed by atoms with van der Waals surface area (Å²) in [5.74, 6) is -0.00752. The first-order valence-corrected chi connectivity index (χ1v) is 9.31. The summed E-state index contributed by atoms with van der Waals surface area (Å²) in [6.45, 7) is 4.80. The van der Waals surface area contributed by atoms with Crippen LogP contribution in [-0.4, -0.2) is 50.6 Å². The van der Waals surface area contributed by atoms with Gasteiger partial charge < -0.3 is 20.4 Å². The van der Waals surface area contributed by atoms with E-state index in [1.165, 1.54) is 5.69 Å². The summed E-state index contributed by atoms with van der Waals surface area (Å²) >= 11 is 5.94. The molecule has 0 bridgehead atoms. The maximum Gasteiger partial charge on any atom is 0.226 e. The molecule has 2 N–H and O–H groups in total. The van der Waals surface area contributed by atoms with Crippen molar-refractivity contribution >= 4 is 34.6 Å². The SMILES string of the molecule is CN1CCN(c2ccc(NC(=O)CCNc3cccc(Cl)c3)cc2)CC1. The number of anilines is 3. The number of halogens is 1. The van der Waals surface area contributed by atoms with Gasteiger partial charge in [-0.3, -0.25) is 4.79 Å². The maximum atomic E-state index is 12.1. The molecule has 6 heteroatoms. The van der Waals surface area contributed by atoms with Crippen LogP contribution in [0.15, 0.2) is 48.5 Å². The van der Waals surface area contributed by atoms with Crippen LogP contribution in [0.5, 0.6) is 0 Å². The van der Waals surface area contributed by atoms with E-state index in [4.69, 9.17) is 11.6 Å². The lowest BCUT2D eigenvalue weighted by Crippen LogP contribution is -2.44. The van der Waals surface area contributed by atoms with E-state index >= 15 is 0 Å². The monoisotopic (exact) mass is 372 g/mol. The third-order valence-corrected chi connectivity index (χ3v) is 4.76. The Kier molecular flexibility index (Phi) is 6.36. The molecule has 1 amide bonds. The number of nitrogens with zero attached hydrogens (tertiary/aromatic N) is 2. The van der Waals surface area contributed by atoms with Crippen LogP contribution >= 0.6 is 11.6 Å². The highest BCUT2D eigenvalue weighted by atomic mass is 35.5. The Labute approximate surface area is 159 Å². The fraction of sp³-hybridized carbons (Fsp3) is 0.350. The van der Waals surface area contributed by atoms with Crippen molar-refractivity contribution in [2.45, 2.75) is 6.42 Å². The Balaban J connectivity index is 1.44. The van der Waals surface area contributed by atoms with Crippen LogP contribution in [0.3, 0.4) is 0 Å². The van der Waals surface area contributed by atoms with Crippen LogP contribution in [-0.2, 0) is 4.79 Å². The minimum absolute atomic E-state index is 0.00752. The zero-order chi connectivity index (χ0) is 18.4. The molecule has 1 heterocycles. The number of rotatable bonds is 6. The van der Waals surface area contributed by atoms with Crippen LogP contribution in [0, 0.1) is 0 Å². The van der Waals surface area contributed by atoms with Crippen LogP contribution in [0.2, 0.25) is 5.02 Å². The van der Waals surface area contributed by atoms with Crippen molar-refractivity contribution in [3.63, 3.8) is 0 Å². The zero-order valence-electron chi connectivity index (χ0n) is 15.0. The Morgan fingerprint density at radius 3 is 2.46 bits per heavy atom. The summed E-state index contributed by atoms with van der Waals surface area (Å²) in [4.78, 5) is 16.8. The first-order chi connectivity index (χ1) is 12.6. The number of likely N-dealkylation sites (N-methyl/N-ethyl adjacent to an activating group) is 1. The second-order valence-corrected chi connectivity index (χ2v) is 7.01. The van der Waals surface area contributed by atoms with E-state index < -0.39 is 0 Å². The van der Waals surface area contributed by atoms with Gasteiger partial charge in [-0.2, -0.15) is 0 Å². The summed E-state index contributed by atoms with van der Waals surface area (Å²) in [7, 11) is 2.15. The molecule has 0 spiro atoms. The minimum Gasteiger partial charge on any atom is -0.384 e. The summed E-state index contributed by atoms with van der Waals surface area (Å²) in [5.41, 5.74) is 2.95. The van der Waals surface area contributed by atoms with Crippen LogP contribution in [0.4, 0.5) is 17.1 Å². The molecule has 1 saturated heterocycles. The van der Waals surface area contributed by atoms with Crippen molar-refractivity contribution in [2.24, 2.45) is 0 Å². The van der Waals surface area contributed by atoms with Crippen LogP contribution in [0.25, 0.3) is 0 Å². The molecule has 26 heavy (non-hydrogen) atoms. The number of hydrogen-bond acceptors (Lipinski definition) is 4. The molecule has 1 aliphatic rings. The topological polar surface area (TPSA) is 47.6 Å². The quantitative estimate of drug-likeness (QED) is 0.814. The Hall–Kier alpha value is -2.24. The van der Waals surface area contributed by atoms with Crippen molar-refractivity contribution < 1.29 is 4.79 Å². The average Bonchev–Trinajstić information content (AvgIpc) is 2.63. The summed E-state index contributed by atoms with van der Waals surface area (Å²) in [6.07, 6.45) is 0.396. The Morgan fingerprint density at radius 1 is 1.04 bits per heavy atom. The lowest BCUT2D eigenvalue weighted by molar-refractivity contribution is -0.115. The third kappa shape index (κ3) is 5.38. The van der Waals surface area contributed by atoms with Gasteiger partial charge in [0.15, 0.2) is 0 Å². The Morgan fingerprint density at radius 2 is 1.77 bits per heavy atom. The summed E-state index contributed by atoms with van der Waals surface area (Å²) < 4.78 is 0. The number of hydrogen-bond donors (Lipinski definition) is 2. The molecular formula is C20H25ClN4O. The fourth-order valence-corrected chi connectivity index (χ4v) is 3.15. The lowest BCUT2D eigenvalue weighted by atomic mass is 10.2. The maximum absolute atomic E-state index is 12.1. The van der Waals surface area contributed by atoms with E-state index in [-0.39, 0.29) is 5.91 Å². The molecule has 2 aromatic rings. The van der Waals surface area contributed by atoms with Crippen molar-refractivity contribution in [3.05, 3.63) is 53.6 Å².